The van der Waals surface area contributed by atoms with Gasteiger partial charge in [-0.25, -0.2) is 9.37 Å². The highest BCUT2D eigenvalue weighted by Crippen LogP contribution is 2.31. The number of ether oxygens (including phenoxy) is 1. The Morgan fingerprint density at radius 1 is 1.31 bits per heavy atom. The molecule has 1 aliphatic rings. The number of nitrogens with one attached hydrogen (secondary N) is 1. The number of hydrogen-bond donors (Lipinski definition) is 2. The van der Waals surface area contributed by atoms with E-state index in [1.807, 2.05) is 29.1 Å². The lowest BCUT2D eigenvalue weighted by molar-refractivity contribution is -0.760. The van der Waals surface area contributed by atoms with Crippen molar-refractivity contribution in [2.75, 3.05) is 6.61 Å². The van der Waals surface area contributed by atoms with Crippen molar-refractivity contribution in [3.63, 3.8) is 0 Å². The molecule has 166 valence electrons. The van der Waals surface area contributed by atoms with Crippen LogP contribution in [0.4, 0.5) is 4.39 Å². The van der Waals surface area contributed by atoms with Gasteiger partial charge in [0.15, 0.2) is 12.2 Å². The summed E-state index contributed by atoms with van der Waals surface area (Å²) in [6, 6.07) is 3.18. The van der Waals surface area contributed by atoms with Crippen LogP contribution in [0.25, 0.3) is 16.8 Å². The molecule has 32 heavy (non-hydrogen) atoms. The number of aromatic amines is 1. The van der Waals surface area contributed by atoms with Gasteiger partial charge < -0.3 is 9.84 Å². The third-order valence-corrected chi connectivity index (χ3v) is 6.11. The Morgan fingerprint density at radius 2 is 2.16 bits per heavy atom. The van der Waals surface area contributed by atoms with Crippen LogP contribution in [0, 0.1) is 19.7 Å². The molecule has 1 aromatic carbocycles. The van der Waals surface area contributed by atoms with E-state index in [9.17, 15) is 9.50 Å². The van der Waals surface area contributed by atoms with Crippen molar-refractivity contribution in [3.8, 4) is 16.9 Å². The first-order chi connectivity index (χ1) is 15.4. The number of hydrogen-bond acceptors (Lipinski definition) is 5. The monoisotopic (exact) mass is 437 g/mol. The van der Waals surface area contributed by atoms with Crippen LogP contribution < -0.4 is 9.42 Å². The molecule has 9 heteroatoms. The number of nitrogens with zero attached hydrogens (tertiary/aromatic N) is 5. The fraction of sp³-hybridized carbons (Fsp3) is 0.391. The Hall–Kier alpha value is -3.33. The lowest BCUT2D eigenvalue weighted by atomic mass is 10.00. The fourth-order valence-corrected chi connectivity index (χ4v) is 4.64. The van der Waals surface area contributed by atoms with Crippen LogP contribution in [0.1, 0.15) is 35.3 Å². The highest BCUT2D eigenvalue weighted by atomic mass is 19.1. The van der Waals surface area contributed by atoms with Gasteiger partial charge in [0.05, 0.1) is 23.4 Å². The summed E-state index contributed by atoms with van der Waals surface area (Å²) in [5, 5.41) is 21.6. The van der Waals surface area contributed by atoms with Gasteiger partial charge >= 0.3 is 0 Å². The predicted molar refractivity (Wildman–Crippen MR) is 115 cm³/mol. The van der Waals surface area contributed by atoms with Gasteiger partial charge in [-0.1, -0.05) is 0 Å². The van der Waals surface area contributed by atoms with Crippen molar-refractivity contribution in [2.24, 2.45) is 0 Å². The number of halogens is 1. The maximum absolute atomic E-state index is 14.5. The first-order valence-corrected chi connectivity index (χ1v) is 10.8. The maximum Gasteiger partial charge on any atom is 0.213 e. The summed E-state index contributed by atoms with van der Waals surface area (Å²) in [5.41, 5.74) is 6.17. The van der Waals surface area contributed by atoms with Crippen molar-refractivity contribution in [1.29, 1.82) is 0 Å². The quantitative estimate of drug-likeness (QED) is 0.452. The van der Waals surface area contributed by atoms with Crippen LogP contribution in [0.3, 0.4) is 0 Å². The van der Waals surface area contributed by atoms with E-state index in [0.717, 1.165) is 46.1 Å². The minimum absolute atomic E-state index is 0.202. The Kier molecular flexibility index (Phi) is 5.13. The molecule has 4 heterocycles. The zero-order valence-corrected chi connectivity index (χ0v) is 18.4. The van der Waals surface area contributed by atoms with E-state index in [4.69, 9.17) is 9.72 Å². The van der Waals surface area contributed by atoms with Crippen LogP contribution in [-0.2, 0) is 25.8 Å². The highest BCUT2D eigenvalue weighted by molar-refractivity contribution is 5.78. The first-order valence-electron chi connectivity index (χ1n) is 10.8. The molecule has 0 saturated heterocycles. The van der Waals surface area contributed by atoms with Gasteiger partial charge in [0, 0.05) is 31.5 Å². The molecule has 8 nitrogen and oxygen atoms in total. The van der Waals surface area contributed by atoms with Crippen LogP contribution in [0.2, 0.25) is 0 Å². The van der Waals surface area contributed by atoms with Gasteiger partial charge in [0.25, 0.3) is 0 Å². The van der Waals surface area contributed by atoms with Crippen molar-refractivity contribution in [2.45, 2.75) is 52.7 Å². The van der Waals surface area contributed by atoms with Crippen LogP contribution in [-0.4, -0.2) is 42.5 Å². The molecule has 0 fully saturated rings. The number of H-pyrrole nitrogens is 1. The van der Waals surface area contributed by atoms with E-state index >= 15 is 0 Å². The molecule has 0 radical (unpaired) electrons. The van der Waals surface area contributed by atoms with E-state index in [-0.39, 0.29) is 5.82 Å². The van der Waals surface area contributed by atoms with E-state index in [2.05, 4.69) is 15.3 Å². The number of benzene rings is 1. The second-order valence-electron chi connectivity index (χ2n) is 8.37. The average molecular weight is 437 g/mol. The Bertz CT molecular complexity index is 1310. The Morgan fingerprint density at radius 3 is 2.97 bits per heavy atom. The summed E-state index contributed by atoms with van der Waals surface area (Å²) >= 11 is 0. The lowest BCUT2D eigenvalue weighted by Crippen LogP contribution is -2.43. The molecule has 1 atom stereocenters. The summed E-state index contributed by atoms with van der Waals surface area (Å²) in [6.45, 7) is 6.81. The number of aliphatic hydroxyl groups is 1. The van der Waals surface area contributed by atoms with Crippen LogP contribution >= 0.6 is 0 Å². The second-order valence-corrected chi connectivity index (χ2v) is 8.37. The van der Waals surface area contributed by atoms with Crippen molar-refractivity contribution in [1.82, 2.24) is 24.7 Å². The maximum atomic E-state index is 14.5. The van der Waals surface area contributed by atoms with Crippen LogP contribution in [0.15, 0.2) is 24.7 Å². The molecule has 1 aliphatic heterocycles. The Balaban J connectivity index is 1.50. The van der Waals surface area contributed by atoms with Crippen molar-refractivity contribution >= 4 is 5.65 Å². The van der Waals surface area contributed by atoms with Gasteiger partial charge in [0.1, 0.15) is 29.8 Å². The Labute approximate surface area is 184 Å². The standard InChI is InChI=1S/C23H25FN6O2/c1-13(31)11-30-15(3)22(14(2)28-30)18-10-25-21(29-12-26-27-23(18)29)7-4-16-17-8-9-32-20(17)6-5-19(16)24/h5-6,10,12-13,31H,4,7-9,11H2,1-3H3/p+1/t13-/m1/s1. The van der Waals surface area contributed by atoms with Gasteiger partial charge in [-0.05, 0) is 38.0 Å². The molecule has 0 unspecified atom stereocenters. The summed E-state index contributed by atoms with van der Waals surface area (Å²) in [6.07, 6.45) is 4.80. The van der Waals surface area contributed by atoms with Crippen LogP contribution in [0.5, 0.6) is 5.75 Å². The second kappa shape index (κ2) is 7.98. The molecule has 3 aromatic heterocycles. The van der Waals surface area contributed by atoms with E-state index < -0.39 is 6.10 Å². The number of fused-ring (bicyclic) bond motifs is 2. The molecule has 4 aromatic rings. The molecule has 0 amide bonds. The van der Waals surface area contributed by atoms with Gasteiger partial charge in [-0.2, -0.15) is 5.10 Å². The summed E-state index contributed by atoms with van der Waals surface area (Å²) < 4.78 is 23.9. The van der Waals surface area contributed by atoms with Gasteiger partial charge in [-0.15, -0.1) is 14.9 Å². The van der Waals surface area contributed by atoms with Gasteiger partial charge in [-0.3, -0.25) is 4.40 Å². The summed E-state index contributed by atoms with van der Waals surface area (Å²) in [4.78, 5) is 4.70. The lowest BCUT2D eigenvalue weighted by Gasteiger charge is -2.10. The molecule has 0 saturated carbocycles. The van der Waals surface area contributed by atoms with Crippen molar-refractivity contribution < 1.29 is 18.9 Å². The SMILES string of the molecule is Cc1[nH][n+](C[C@@H](C)O)c(C)c1-c1cnc(CCc2c(F)ccc3c2CCO3)n2cnnc12. The minimum Gasteiger partial charge on any atom is -0.493 e. The largest absolute Gasteiger partial charge is 0.493 e. The first kappa shape index (κ1) is 20.6. The number of aliphatic hydroxyl groups excluding tert-OH is 1. The molecule has 0 aliphatic carbocycles. The zero-order chi connectivity index (χ0) is 22.4. The zero-order valence-electron chi connectivity index (χ0n) is 18.4. The molecular weight excluding hydrogens is 411 g/mol. The predicted octanol–water partition coefficient (Wildman–Crippen LogP) is 2.26. The molecule has 5 rings (SSSR count). The molecule has 2 N–H and O–H groups in total. The highest BCUT2D eigenvalue weighted by Gasteiger charge is 2.25. The van der Waals surface area contributed by atoms with E-state index in [1.54, 1.807) is 19.3 Å². The summed E-state index contributed by atoms with van der Waals surface area (Å²) in [5.74, 6) is 1.35. The third kappa shape index (κ3) is 3.42. The number of aryl methyl sites for hydroxylation is 2. The normalized spacial score (nSPS) is 14.0. The number of rotatable bonds is 6. The van der Waals surface area contributed by atoms with Crippen molar-refractivity contribution in [3.05, 3.63) is 58.8 Å². The average Bonchev–Trinajstić information content (AvgIpc) is 3.47. The number of aromatic nitrogens is 6. The van der Waals surface area contributed by atoms with Gasteiger partial charge in [0.2, 0.25) is 5.69 Å². The smallest absolute Gasteiger partial charge is 0.213 e. The summed E-state index contributed by atoms with van der Waals surface area (Å²) in [7, 11) is 0. The molecule has 0 bridgehead atoms. The minimum atomic E-state index is -0.469. The molecule has 0 spiro atoms. The molecular formula is C23H26FN6O2+. The topological polar surface area (TPSA) is 92.2 Å². The fourth-order valence-electron chi connectivity index (χ4n) is 4.64. The third-order valence-electron chi connectivity index (χ3n) is 6.11. The van der Waals surface area contributed by atoms with E-state index in [0.29, 0.717) is 37.2 Å². The van der Waals surface area contributed by atoms with E-state index in [1.165, 1.54) is 6.07 Å².